The number of ether oxygens (including phenoxy) is 1. The fraction of sp³-hybridized carbons (Fsp3) is 0.190. The van der Waals surface area contributed by atoms with Gasteiger partial charge < -0.3 is 9.84 Å². The van der Waals surface area contributed by atoms with Gasteiger partial charge in [0.25, 0.3) is 5.91 Å². The number of carbonyl (C=O) groups is 2. The van der Waals surface area contributed by atoms with Gasteiger partial charge in [0.05, 0.1) is 23.6 Å². The lowest BCUT2D eigenvalue weighted by Crippen LogP contribution is -2.27. The highest BCUT2D eigenvalue weighted by molar-refractivity contribution is 8.27. The van der Waals surface area contributed by atoms with Gasteiger partial charge in [-0.3, -0.25) is 14.5 Å². The van der Waals surface area contributed by atoms with E-state index in [0.717, 1.165) is 12.1 Å². The molecule has 5 nitrogen and oxygen atoms in total. The Labute approximate surface area is 173 Å². The highest BCUT2D eigenvalue weighted by atomic mass is 32.2. The van der Waals surface area contributed by atoms with E-state index in [0.29, 0.717) is 20.5 Å². The summed E-state index contributed by atoms with van der Waals surface area (Å²) in [6, 6.07) is 15.0. The molecule has 1 aliphatic heterocycles. The van der Waals surface area contributed by atoms with E-state index in [2.05, 4.69) is 6.92 Å². The summed E-state index contributed by atoms with van der Waals surface area (Å²) in [5.74, 6) is -0.576. The number of aryl methyl sites for hydroxylation is 1. The summed E-state index contributed by atoms with van der Waals surface area (Å²) < 4.78 is 6.04. The van der Waals surface area contributed by atoms with E-state index in [-0.39, 0.29) is 18.9 Å². The van der Waals surface area contributed by atoms with E-state index in [1.165, 1.54) is 22.2 Å². The molecule has 0 unspecified atom stereocenters. The summed E-state index contributed by atoms with van der Waals surface area (Å²) in [5, 5.41) is 8.77. The van der Waals surface area contributed by atoms with Crippen LogP contribution in [0.3, 0.4) is 0 Å². The van der Waals surface area contributed by atoms with Crippen molar-refractivity contribution in [2.75, 3.05) is 11.5 Å². The minimum atomic E-state index is -0.924. The maximum absolute atomic E-state index is 12.9. The summed E-state index contributed by atoms with van der Waals surface area (Å²) in [7, 11) is 0. The van der Waals surface area contributed by atoms with Crippen molar-refractivity contribution < 1.29 is 19.4 Å². The molecule has 1 amide bonds. The van der Waals surface area contributed by atoms with E-state index >= 15 is 0 Å². The number of carbonyl (C=O) groups excluding carboxylic acids is 1. The SMILES string of the molecule is CCc1ccc(N2C(=O)/C(=C\c3ccccc3OCCC(=O)O)SC2=S)cc1. The molecule has 0 radical (unpaired) electrons. The number of thioether (sulfide) groups is 1. The van der Waals surface area contributed by atoms with Crippen LogP contribution in [-0.4, -0.2) is 27.9 Å². The number of rotatable bonds is 7. The van der Waals surface area contributed by atoms with E-state index in [1.807, 2.05) is 36.4 Å². The molecule has 28 heavy (non-hydrogen) atoms. The van der Waals surface area contributed by atoms with Gasteiger partial charge in [-0.25, -0.2) is 0 Å². The highest BCUT2D eigenvalue weighted by Gasteiger charge is 2.33. The number of nitrogens with zero attached hydrogens (tertiary/aromatic N) is 1. The van der Waals surface area contributed by atoms with Gasteiger partial charge in [-0.05, 0) is 36.3 Å². The molecule has 0 atom stereocenters. The number of carboxylic acids is 1. The van der Waals surface area contributed by atoms with Crippen molar-refractivity contribution in [1.82, 2.24) is 0 Å². The smallest absolute Gasteiger partial charge is 0.306 e. The van der Waals surface area contributed by atoms with E-state index in [9.17, 15) is 9.59 Å². The van der Waals surface area contributed by atoms with Crippen molar-refractivity contribution in [2.24, 2.45) is 0 Å². The van der Waals surface area contributed by atoms with Crippen LogP contribution in [0, 0.1) is 0 Å². The van der Waals surface area contributed by atoms with Crippen molar-refractivity contribution in [3.05, 3.63) is 64.6 Å². The van der Waals surface area contributed by atoms with Crippen LogP contribution >= 0.6 is 24.0 Å². The Bertz CT molecular complexity index is 938. The monoisotopic (exact) mass is 413 g/mol. The molecule has 2 aromatic rings. The molecule has 144 valence electrons. The summed E-state index contributed by atoms with van der Waals surface area (Å²) in [6.45, 7) is 2.14. The van der Waals surface area contributed by atoms with Gasteiger partial charge in [-0.1, -0.05) is 61.2 Å². The van der Waals surface area contributed by atoms with Crippen molar-refractivity contribution in [3.63, 3.8) is 0 Å². The van der Waals surface area contributed by atoms with E-state index < -0.39 is 5.97 Å². The first-order valence-electron chi connectivity index (χ1n) is 8.80. The van der Waals surface area contributed by atoms with Gasteiger partial charge in [-0.15, -0.1) is 0 Å². The van der Waals surface area contributed by atoms with Crippen molar-refractivity contribution >= 4 is 51.9 Å². The third-order valence-electron chi connectivity index (χ3n) is 4.18. The van der Waals surface area contributed by atoms with Crippen LogP contribution in [0.25, 0.3) is 6.08 Å². The fourth-order valence-corrected chi connectivity index (χ4v) is 3.98. The van der Waals surface area contributed by atoms with Gasteiger partial charge in [0.2, 0.25) is 0 Å². The zero-order chi connectivity index (χ0) is 20.1. The largest absolute Gasteiger partial charge is 0.492 e. The van der Waals surface area contributed by atoms with Crippen LogP contribution in [-0.2, 0) is 16.0 Å². The van der Waals surface area contributed by atoms with Crippen LogP contribution in [0.5, 0.6) is 5.75 Å². The maximum Gasteiger partial charge on any atom is 0.306 e. The minimum absolute atomic E-state index is 0.0604. The number of para-hydroxylation sites is 1. The molecule has 0 bridgehead atoms. The van der Waals surface area contributed by atoms with Crippen molar-refractivity contribution in [2.45, 2.75) is 19.8 Å². The molecule has 3 rings (SSSR count). The molecule has 0 saturated carbocycles. The second-order valence-corrected chi connectivity index (χ2v) is 7.74. The number of thiocarbonyl (C=S) groups is 1. The van der Waals surface area contributed by atoms with Crippen LogP contribution in [0.1, 0.15) is 24.5 Å². The van der Waals surface area contributed by atoms with E-state index in [1.54, 1.807) is 18.2 Å². The van der Waals surface area contributed by atoms with E-state index in [4.69, 9.17) is 22.1 Å². The Morgan fingerprint density at radius 3 is 2.61 bits per heavy atom. The second kappa shape index (κ2) is 9.03. The number of hydrogen-bond acceptors (Lipinski definition) is 5. The molecule has 1 aliphatic rings. The van der Waals surface area contributed by atoms with Gasteiger partial charge in [0, 0.05) is 5.56 Å². The first-order chi connectivity index (χ1) is 13.5. The molecule has 0 aliphatic carbocycles. The van der Waals surface area contributed by atoms with Gasteiger partial charge in [-0.2, -0.15) is 0 Å². The number of aliphatic carboxylic acids is 1. The predicted molar refractivity (Wildman–Crippen MR) is 116 cm³/mol. The quantitative estimate of drug-likeness (QED) is 0.532. The molecule has 2 aromatic carbocycles. The van der Waals surface area contributed by atoms with Gasteiger partial charge >= 0.3 is 5.97 Å². The molecule has 0 aromatic heterocycles. The predicted octanol–water partition coefficient (Wildman–Crippen LogP) is 4.51. The Hall–Kier alpha value is -2.64. The molecule has 1 N–H and O–H groups in total. The number of carboxylic acid groups (broad SMARTS) is 1. The van der Waals surface area contributed by atoms with Crippen LogP contribution in [0.15, 0.2) is 53.4 Å². The molecule has 1 saturated heterocycles. The van der Waals surface area contributed by atoms with Gasteiger partial charge in [0.1, 0.15) is 5.75 Å². The summed E-state index contributed by atoms with van der Waals surface area (Å²) in [4.78, 5) is 25.6. The summed E-state index contributed by atoms with van der Waals surface area (Å²) in [5.41, 5.74) is 2.64. The average molecular weight is 414 g/mol. The Kier molecular flexibility index (Phi) is 6.49. The fourth-order valence-electron chi connectivity index (χ4n) is 2.69. The van der Waals surface area contributed by atoms with Crippen LogP contribution in [0.2, 0.25) is 0 Å². The lowest BCUT2D eigenvalue weighted by molar-refractivity contribution is -0.137. The maximum atomic E-state index is 12.9. The topological polar surface area (TPSA) is 66.8 Å². The Morgan fingerprint density at radius 2 is 1.93 bits per heavy atom. The Morgan fingerprint density at radius 1 is 1.21 bits per heavy atom. The Balaban J connectivity index is 1.82. The lowest BCUT2D eigenvalue weighted by atomic mass is 10.1. The van der Waals surface area contributed by atoms with Crippen molar-refractivity contribution in [1.29, 1.82) is 0 Å². The first kappa shape index (κ1) is 20.1. The van der Waals surface area contributed by atoms with Gasteiger partial charge in [0.15, 0.2) is 4.32 Å². The second-order valence-electron chi connectivity index (χ2n) is 6.07. The molecule has 0 spiro atoms. The number of benzene rings is 2. The van der Waals surface area contributed by atoms with Crippen LogP contribution < -0.4 is 9.64 Å². The first-order valence-corrected chi connectivity index (χ1v) is 10.0. The lowest BCUT2D eigenvalue weighted by Gasteiger charge is -2.14. The zero-order valence-corrected chi connectivity index (χ0v) is 16.9. The van der Waals surface area contributed by atoms with Crippen LogP contribution in [0.4, 0.5) is 5.69 Å². The standard InChI is InChI=1S/C21H19NO4S2/c1-2-14-7-9-16(10-8-14)22-20(25)18(28-21(22)27)13-15-5-3-4-6-17(15)26-12-11-19(23)24/h3-10,13H,2,11-12H2,1H3,(H,23,24)/b18-13+. The number of hydrogen-bond donors (Lipinski definition) is 1. The third-order valence-corrected chi connectivity index (χ3v) is 5.48. The minimum Gasteiger partial charge on any atom is -0.492 e. The third kappa shape index (κ3) is 4.61. The molecule has 7 heteroatoms. The summed E-state index contributed by atoms with van der Waals surface area (Å²) in [6.07, 6.45) is 2.57. The number of amides is 1. The highest BCUT2D eigenvalue weighted by Crippen LogP contribution is 2.37. The average Bonchev–Trinajstić information content (AvgIpc) is 2.96. The molecule has 1 fully saturated rings. The molecular weight excluding hydrogens is 394 g/mol. The number of anilines is 1. The zero-order valence-electron chi connectivity index (χ0n) is 15.3. The normalized spacial score (nSPS) is 15.3. The molecule has 1 heterocycles. The molecular formula is C21H19NO4S2. The van der Waals surface area contributed by atoms with Crippen molar-refractivity contribution in [3.8, 4) is 5.75 Å². The summed E-state index contributed by atoms with van der Waals surface area (Å²) >= 11 is 6.65.